The number of rotatable bonds is 4. The van der Waals surface area contributed by atoms with Crippen LogP contribution in [-0.2, 0) is 9.53 Å². The third-order valence-corrected chi connectivity index (χ3v) is 4.08. The first-order valence-corrected chi connectivity index (χ1v) is 7.21. The Kier molecular flexibility index (Phi) is 5.30. The van der Waals surface area contributed by atoms with Gasteiger partial charge in [-0.15, -0.1) is 0 Å². The fourth-order valence-electron chi connectivity index (χ4n) is 2.86. The highest BCUT2D eigenvalue weighted by Crippen LogP contribution is 2.31. The second-order valence-corrected chi connectivity index (χ2v) is 5.45. The van der Waals surface area contributed by atoms with Gasteiger partial charge in [0.25, 0.3) is 0 Å². The number of carbonyl (C=O) groups excluding carboxylic acids is 1. The average Bonchev–Trinajstić information content (AvgIpc) is 2.53. The Morgan fingerprint density at radius 1 is 1.41 bits per heavy atom. The number of carboxylic acid groups (broad SMARTS) is 1. The number of hydrogen-bond acceptors (Lipinski definition) is 4. The lowest BCUT2D eigenvalue weighted by Crippen LogP contribution is -2.37. The Labute approximate surface area is 127 Å². The Morgan fingerprint density at radius 3 is 2.64 bits per heavy atom. The molecule has 7 heteroatoms. The molecule has 1 heterocycles. The Morgan fingerprint density at radius 2 is 2.09 bits per heavy atom. The lowest BCUT2D eigenvalue weighted by molar-refractivity contribution is -0.146. The van der Waals surface area contributed by atoms with Crippen molar-refractivity contribution in [3.8, 4) is 0 Å². The molecule has 1 amide bonds. The zero-order chi connectivity index (χ0) is 16.1. The average molecular weight is 310 g/mol. The number of hydrogen-bond donors (Lipinski definition) is 1. The van der Waals surface area contributed by atoms with Crippen LogP contribution in [0.25, 0.3) is 0 Å². The van der Waals surface area contributed by atoms with E-state index in [0.717, 1.165) is 4.90 Å². The van der Waals surface area contributed by atoms with E-state index in [0.29, 0.717) is 25.7 Å². The molecule has 22 heavy (non-hydrogen) atoms. The number of aromatic nitrogens is 1. The number of methoxy groups -OCH3 is 1. The molecule has 120 valence electrons. The van der Waals surface area contributed by atoms with E-state index in [4.69, 9.17) is 4.74 Å². The van der Waals surface area contributed by atoms with E-state index in [1.165, 1.54) is 25.4 Å². The number of ether oxygens (including phenoxy) is 1. The fourth-order valence-corrected chi connectivity index (χ4v) is 2.86. The Balaban J connectivity index is 2.01. The maximum atomic E-state index is 13.7. The minimum Gasteiger partial charge on any atom is -0.469 e. The van der Waals surface area contributed by atoms with Crippen LogP contribution in [0, 0.1) is 17.8 Å². The van der Waals surface area contributed by atoms with Crippen LogP contribution in [0.1, 0.15) is 25.7 Å². The molecule has 1 aromatic heterocycles. The van der Waals surface area contributed by atoms with Crippen LogP contribution in [0.4, 0.5) is 14.9 Å². The number of pyridine rings is 1. The third-order valence-electron chi connectivity index (χ3n) is 4.08. The van der Waals surface area contributed by atoms with Crippen molar-refractivity contribution in [2.24, 2.45) is 11.8 Å². The molecule has 0 radical (unpaired) electrons. The molecule has 1 aliphatic carbocycles. The summed E-state index contributed by atoms with van der Waals surface area (Å²) in [5, 5.41) is 9.32. The molecular formula is C15H19FN2O4. The van der Waals surface area contributed by atoms with Crippen LogP contribution in [-0.4, -0.2) is 35.8 Å². The summed E-state index contributed by atoms with van der Waals surface area (Å²) >= 11 is 0. The molecule has 1 aromatic rings. The highest BCUT2D eigenvalue weighted by atomic mass is 19.1. The van der Waals surface area contributed by atoms with E-state index in [1.807, 2.05) is 0 Å². The van der Waals surface area contributed by atoms with Gasteiger partial charge in [-0.3, -0.25) is 9.69 Å². The first-order valence-electron chi connectivity index (χ1n) is 7.21. The quantitative estimate of drug-likeness (QED) is 0.683. The number of nitrogens with zero attached hydrogens (tertiary/aromatic N) is 2. The van der Waals surface area contributed by atoms with Crippen molar-refractivity contribution < 1.29 is 23.8 Å². The van der Waals surface area contributed by atoms with E-state index in [9.17, 15) is 19.1 Å². The van der Waals surface area contributed by atoms with E-state index < -0.39 is 12.0 Å². The molecular weight excluding hydrogens is 291 g/mol. The van der Waals surface area contributed by atoms with Gasteiger partial charge < -0.3 is 9.84 Å². The largest absolute Gasteiger partial charge is 0.469 e. The predicted molar refractivity (Wildman–Crippen MR) is 77.0 cm³/mol. The lowest BCUT2D eigenvalue weighted by Gasteiger charge is -2.30. The van der Waals surface area contributed by atoms with Crippen LogP contribution in [0.2, 0.25) is 0 Å². The van der Waals surface area contributed by atoms with Crippen molar-refractivity contribution in [1.29, 1.82) is 0 Å². The molecule has 2 rings (SSSR count). The molecule has 1 aliphatic rings. The smallest absolute Gasteiger partial charge is 0.411 e. The highest BCUT2D eigenvalue weighted by Gasteiger charge is 2.30. The molecule has 1 saturated carbocycles. The standard InChI is InChI=1S/C15H19FN2O4/c1-22-14(19)11-6-4-10(5-7-11)9-18(15(20)21)12-3-2-8-17-13(12)16/h2-3,8,10-11H,4-7,9H2,1H3,(H,20,21). The van der Waals surface area contributed by atoms with E-state index in [-0.39, 0.29) is 30.0 Å². The van der Waals surface area contributed by atoms with Gasteiger partial charge in [-0.1, -0.05) is 0 Å². The van der Waals surface area contributed by atoms with Crippen molar-refractivity contribution in [3.05, 3.63) is 24.3 Å². The van der Waals surface area contributed by atoms with Gasteiger partial charge in [-0.25, -0.2) is 9.78 Å². The Hall–Kier alpha value is -2.18. The van der Waals surface area contributed by atoms with Crippen LogP contribution in [0.5, 0.6) is 0 Å². The van der Waals surface area contributed by atoms with Gasteiger partial charge in [-0.05, 0) is 43.7 Å². The fraction of sp³-hybridized carbons (Fsp3) is 0.533. The monoisotopic (exact) mass is 310 g/mol. The van der Waals surface area contributed by atoms with Gasteiger partial charge in [-0.2, -0.15) is 4.39 Å². The summed E-state index contributed by atoms with van der Waals surface area (Å²) in [6.07, 6.45) is 2.83. The second-order valence-electron chi connectivity index (χ2n) is 5.45. The second kappa shape index (κ2) is 7.20. The van der Waals surface area contributed by atoms with Crippen LogP contribution in [0.3, 0.4) is 0 Å². The first kappa shape index (κ1) is 16.2. The van der Waals surface area contributed by atoms with E-state index in [2.05, 4.69) is 4.98 Å². The van der Waals surface area contributed by atoms with E-state index >= 15 is 0 Å². The zero-order valence-corrected chi connectivity index (χ0v) is 12.4. The minimum atomic E-state index is -1.21. The number of esters is 1. The topological polar surface area (TPSA) is 79.7 Å². The maximum absolute atomic E-state index is 13.7. The van der Waals surface area contributed by atoms with Gasteiger partial charge in [0.15, 0.2) is 0 Å². The van der Waals surface area contributed by atoms with Gasteiger partial charge in [0, 0.05) is 12.7 Å². The molecule has 0 aromatic carbocycles. The molecule has 0 bridgehead atoms. The van der Waals surface area contributed by atoms with Crippen molar-refractivity contribution in [2.45, 2.75) is 25.7 Å². The number of carbonyl (C=O) groups is 2. The number of anilines is 1. The molecule has 0 aliphatic heterocycles. The highest BCUT2D eigenvalue weighted by molar-refractivity contribution is 5.85. The van der Waals surface area contributed by atoms with Crippen molar-refractivity contribution in [1.82, 2.24) is 4.98 Å². The minimum absolute atomic E-state index is 0.0370. The summed E-state index contributed by atoms with van der Waals surface area (Å²) in [6, 6.07) is 2.90. The Bertz CT molecular complexity index is 544. The third kappa shape index (κ3) is 3.72. The summed E-state index contributed by atoms with van der Waals surface area (Å²) in [5.74, 6) is -1.04. The molecule has 0 spiro atoms. The summed E-state index contributed by atoms with van der Waals surface area (Å²) < 4.78 is 18.4. The first-order chi connectivity index (χ1) is 10.5. The van der Waals surface area contributed by atoms with Crippen LogP contribution >= 0.6 is 0 Å². The van der Waals surface area contributed by atoms with Gasteiger partial charge >= 0.3 is 12.1 Å². The van der Waals surface area contributed by atoms with E-state index in [1.54, 1.807) is 0 Å². The maximum Gasteiger partial charge on any atom is 0.411 e. The predicted octanol–water partition coefficient (Wildman–Crippen LogP) is 2.68. The molecule has 0 unspecified atom stereocenters. The molecule has 1 N–H and O–H groups in total. The normalized spacial score (nSPS) is 21.2. The summed E-state index contributed by atoms with van der Waals surface area (Å²) in [7, 11) is 1.37. The van der Waals surface area contributed by atoms with Gasteiger partial charge in [0.1, 0.15) is 5.69 Å². The molecule has 6 nitrogen and oxygen atoms in total. The van der Waals surface area contributed by atoms with Crippen LogP contribution in [0.15, 0.2) is 18.3 Å². The summed E-state index contributed by atoms with van der Waals surface area (Å²) in [4.78, 5) is 27.4. The van der Waals surface area contributed by atoms with Gasteiger partial charge in [0.05, 0.1) is 13.0 Å². The summed E-state index contributed by atoms with van der Waals surface area (Å²) in [5.41, 5.74) is -0.0370. The van der Waals surface area contributed by atoms with Crippen LogP contribution < -0.4 is 4.90 Å². The SMILES string of the molecule is COC(=O)C1CCC(CN(C(=O)O)c2cccnc2F)CC1. The zero-order valence-electron chi connectivity index (χ0n) is 12.4. The number of halogens is 1. The molecule has 1 fully saturated rings. The molecule has 0 saturated heterocycles. The molecule has 0 atom stereocenters. The summed E-state index contributed by atoms with van der Waals surface area (Å²) in [6.45, 7) is 0.200. The van der Waals surface area contributed by atoms with Crippen molar-refractivity contribution in [3.63, 3.8) is 0 Å². The lowest BCUT2D eigenvalue weighted by atomic mass is 9.82. The van der Waals surface area contributed by atoms with Crippen molar-refractivity contribution in [2.75, 3.05) is 18.6 Å². The van der Waals surface area contributed by atoms with Gasteiger partial charge in [0.2, 0.25) is 5.95 Å². The number of amides is 1. The van der Waals surface area contributed by atoms with Crippen molar-refractivity contribution >= 4 is 17.7 Å².